The van der Waals surface area contributed by atoms with Gasteiger partial charge >= 0.3 is 0 Å². The van der Waals surface area contributed by atoms with Crippen molar-refractivity contribution < 1.29 is 4.79 Å². The van der Waals surface area contributed by atoms with Crippen LogP contribution < -0.4 is 11.1 Å². The van der Waals surface area contributed by atoms with Crippen molar-refractivity contribution in [2.24, 2.45) is 5.73 Å². The summed E-state index contributed by atoms with van der Waals surface area (Å²) in [5.41, 5.74) is 10.5. The maximum Gasteiger partial charge on any atom is 0.253 e. The highest BCUT2D eigenvalue weighted by atomic mass is 16.1. The molecule has 0 aliphatic rings. The molecule has 0 fully saturated rings. The molecular weight excluding hydrogens is 274 g/mol. The van der Waals surface area contributed by atoms with Crippen LogP contribution in [0.3, 0.4) is 0 Å². The van der Waals surface area contributed by atoms with Crippen molar-refractivity contribution in [3.8, 4) is 5.69 Å². The Balaban J connectivity index is 2.33. The Kier molecular flexibility index (Phi) is 4.42. The van der Waals surface area contributed by atoms with E-state index in [4.69, 9.17) is 5.73 Å². The zero-order chi connectivity index (χ0) is 16.5. The van der Waals surface area contributed by atoms with E-state index in [0.717, 1.165) is 17.1 Å². The molecule has 1 amide bonds. The second-order valence-electron chi connectivity index (χ2n) is 6.63. The molecule has 0 saturated heterocycles. The van der Waals surface area contributed by atoms with Gasteiger partial charge in [-0.05, 0) is 58.4 Å². The van der Waals surface area contributed by atoms with Gasteiger partial charge in [0.2, 0.25) is 0 Å². The first-order valence-electron chi connectivity index (χ1n) is 7.52. The maximum atomic E-state index is 12.4. The highest BCUT2D eigenvalue weighted by molar-refractivity contribution is 5.96. The molecule has 0 atom stereocenters. The summed E-state index contributed by atoms with van der Waals surface area (Å²) < 4.78 is 2.11. The third-order valence-electron chi connectivity index (χ3n) is 3.64. The molecule has 0 aliphatic heterocycles. The summed E-state index contributed by atoms with van der Waals surface area (Å²) in [7, 11) is 0. The van der Waals surface area contributed by atoms with E-state index < -0.39 is 5.54 Å². The third kappa shape index (κ3) is 3.57. The number of hydrogen-bond acceptors (Lipinski definition) is 2. The molecule has 0 aliphatic carbocycles. The van der Waals surface area contributed by atoms with Crippen LogP contribution in [0.2, 0.25) is 0 Å². The van der Waals surface area contributed by atoms with Crippen molar-refractivity contribution in [2.75, 3.05) is 6.54 Å². The smallest absolute Gasteiger partial charge is 0.253 e. The molecule has 0 radical (unpaired) electrons. The van der Waals surface area contributed by atoms with Crippen LogP contribution in [0.5, 0.6) is 0 Å². The molecule has 4 nitrogen and oxygen atoms in total. The molecule has 0 unspecified atom stereocenters. The van der Waals surface area contributed by atoms with E-state index in [2.05, 4.69) is 35.0 Å². The quantitative estimate of drug-likeness (QED) is 0.912. The number of rotatable bonds is 4. The number of aryl methyl sites for hydroxylation is 2. The number of nitrogens with two attached hydrogens (primary N) is 1. The van der Waals surface area contributed by atoms with Gasteiger partial charge < -0.3 is 15.6 Å². The number of nitrogens with one attached hydrogen (secondary N) is 1. The SMILES string of the molecule is Cc1cccc(-n2c(C)cc(C(=O)NCC(C)(C)N)c2C)c1. The van der Waals surface area contributed by atoms with E-state index in [-0.39, 0.29) is 5.91 Å². The Morgan fingerprint density at radius 2 is 1.91 bits per heavy atom. The Labute approximate surface area is 132 Å². The van der Waals surface area contributed by atoms with Crippen LogP contribution in [0.15, 0.2) is 30.3 Å². The van der Waals surface area contributed by atoms with Crippen molar-refractivity contribution in [1.29, 1.82) is 0 Å². The number of carbonyl (C=O) groups excluding carboxylic acids is 1. The summed E-state index contributed by atoms with van der Waals surface area (Å²) in [5, 5.41) is 2.91. The van der Waals surface area contributed by atoms with Crippen LogP contribution in [0.1, 0.15) is 41.2 Å². The largest absolute Gasteiger partial charge is 0.350 e. The van der Waals surface area contributed by atoms with Gasteiger partial charge in [-0.2, -0.15) is 0 Å². The number of hydrogen-bond donors (Lipinski definition) is 2. The number of carbonyl (C=O) groups is 1. The van der Waals surface area contributed by atoms with Crippen molar-refractivity contribution in [2.45, 2.75) is 40.2 Å². The Morgan fingerprint density at radius 1 is 1.23 bits per heavy atom. The van der Waals surface area contributed by atoms with Crippen molar-refractivity contribution >= 4 is 5.91 Å². The van der Waals surface area contributed by atoms with Gasteiger partial charge in [-0.25, -0.2) is 0 Å². The van der Waals surface area contributed by atoms with Crippen LogP contribution in [0.4, 0.5) is 0 Å². The highest BCUT2D eigenvalue weighted by Crippen LogP contribution is 2.21. The normalized spacial score (nSPS) is 11.5. The molecule has 118 valence electrons. The van der Waals surface area contributed by atoms with Gasteiger partial charge in [0.25, 0.3) is 5.91 Å². The number of benzene rings is 1. The van der Waals surface area contributed by atoms with Crippen LogP contribution >= 0.6 is 0 Å². The molecule has 2 rings (SSSR count). The van der Waals surface area contributed by atoms with Crippen molar-refractivity contribution in [3.05, 3.63) is 52.8 Å². The molecule has 3 N–H and O–H groups in total. The van der Waals surface area contributed by atoms with Crippen molar-refractivity contribution in [3.63, 3.8) is 0 Å². The first kappa shape index (κ1) is 16.3. The zero-order valence-electron chi connectivity index (χ0n) is 14.0. The van der Waals surface area contributed by atoms with Crippen LogP contribution in [-0.2, 0) is 0 Å². The Hall–Kier alpha value is -2.07. The van der Waals surface area contributed by atoms with Gasteiger partial charge in [-0.3, -0.25) is 4.79 Å². The van der Waals surface area contributed by atoms with Gasteiger partial charge in [-0.1, -0.05) is 12.1 Å². The number of aromatic nitrogens is 1. The lowest BCUT2D eigenvalue weighted by atomic mass is 10.1. The minimum absolute atomic E-state index is 0.0782. The van der Waals surface area contributed by atoms with Gasteiger partial charge in [-0.15, -0.1) is 0 Å². The Bertz CT molecular complexity index is 693. The average molecular weight is 299 g/mol. The molecule has 1 aromatic carbocycles. The molecule has 0 spiro atoms. The first-order chi connectivity index (χ1) is 10.2. The minimum atomic E-state index is -0.419. The molecule has 4 heteroatoms. The fraction of sp³-hybridized carbons (Fsp3) is 0.389. The monoisotopic (exact) mass is 299 g/mol. The van der Waals surface area contributed by atoms with Gasteiger partial charge in [0.15, 0.2) is 0 Å². The summed E-state index contributed by atoms with van der Waals surface area (Å²) in [6.45, 7) is 10.3. The average Bonchev–Trinajstić information content (AvgIpc) is 2.70. The van der Waals surface area contributed by atoms with Crippen LogP contribution in [0.25, 0.3) is 5.69 Å². The predicted molar refractivity (Wildman–Crippen MR) is 90.6 cm³/mol. The van der Waals surface area contributed by atoms with Crippen molar-refractivity contribution in [1.82, 2.24) is 9.88 Å². The lowest BCUT2D eigenvalue weighted by molar-refractivity contribution is 0.0945. The lowest BCUT2D eigenvalue weighted by Crippen LogP contribution is -2.45. The van der Waals surface area contributed by atoms with E-state index in [1.807, 2.05) is 39.8 Å². The second kappa shape index (κ2) is 5.97. The van der Waals surface area contributed by atoms with E-state index in [1.165, 1.54) is 5.56 Å². The van der Waals surface area contributed by atoms with Gasteiger partial charge in [0, 0.05) is 29.2 Å². The van der Waals surface area contributed by atoms with Gasteiger partial charge in [0.1, 0.15) is 0 Å². The van der Waals surface area contributed by atoms with Crippen LogP contribution in [0, 0.1) is 20.8 Å². The standard InChI is InChI=1S/C18H25N3O/c1-12-7-6-8-15(9-12)21-13(2)10-16(14(21)3)17(22)20-11-18(4,5)19/h6-10H,11,19H2,1-5H3,(H,20,22). The second-order valence-corrected chi connectivity index (χ2v) is 6.63. The molecule has 1 aromatic heterocycles. The van der Waals surface area contributed by atoms with Crippen LogP contribution in [-0.4, -0.2) is 22.6 Å². The summed E-state index contributed by atoms with van der Waals surface area (Å²) in [5.74, 6) is -0.0782. The molecule has 2 aromatic rings. The summed E-state index contributed by atoms with van der Waals surface area (Å²) in [4.78, 5) is 12.4. The fourth-order valence-corrected chi connectivity index (χ4v) is 2.56. The molecule has 22 heavy (non-hydrogen) atoms. The molecule has 1 heterocycles. The lowest BCUT2D eigenvalue weighted by Gasteiger charge is -2.19. The van der Waals surface area contributed by atoms with E-state index in [1.54, 1.807) is 0 Å². The molecule has 0 bridgehead atoms. The fourth-order valence-electron chi connectivity index (χ4n) is 2.56. The zero-order valence-corrected chi connectivity index (χ0v) is 14.0. The third-order valence-corrected chi connectivity index (χ3v) is 3.64. The summed E-state index contributed by atoms with van der Waals surface area (Å²) >= 11 is 0. The number of amides is 1. The van der Waals surface area contributed by atoms with Gasteiger partial charge in [0.05, 0.1) is 5.56 Å². The topological polar surface area (TPSA) is 60.0 Å². The predicted octanol–water partition coefficient (Wildman–Crippen LogP) is 2.87. The summed E-state index contributed by atoms with van der Waals surface area (Å²) in [6, 6.07) is 10.2. The highest BCUT2D eigenvalue weighted by Gasteiger charge is 2.18. The maximum absolute atomic E-state index is 12.4. The number of nitrogens with zero attached hydrogens (tertiary/aromatic N) is 1. The first-order valence-corrected chi connectivity index (χ1v) is 7.52. The molecule has 0 saturated carbocycles. The van der Waals surface area contributed by atoms with E-state index in [9.17, 15) is 4.79 Å². The van der Waals surface area contributed by atoms with E-state index in [0.29, 0.717) is 12.1 Å². The summed E-state index contributed by atoms with van der Waals surface area (Å²) in [6.07, 6.45) is 0. The molecular formula is C18H25N3O. The minimum Gasteiger partial charge on any atom is -0.350 e. The van der Waals surface area contributed by atoms with E-state index >= 15 is 0 Å². The Morgan fingerprint density at radius 3 is 2.50 bits per heavy atom.